The highest BCUT2D eigenvalue weighted by Crippen LogP contribution is 2.24. The van der Waals surface area contributed by atoms with Crippen LogP contribution < -0.4 is 5.73 Å². The van der Waals surface area contributed by atoms with Gasteiger partial charge in [0, 0.05) is 48.5 Å². The van der Waals surface area contributed by atoms with Crippen molar-refractivity contribution >= 4 is 35.2 Å². The summed E-state index contributed by atoms with van der Waals surface area (Å²) in [5.41, 5.74) is 9.88. The molecule has 1 aliphatic rings. The molecule has 3 aromatic carbocycles. The number of non-ortho nitro benzene ring substituents is 1. The van der Waals surface area contributed by atoms with Gasteiger partial charge in [-0.15, -0.1) is 0 Å². The predicted octanol–water partition coefficient (Wildman–Crippen LogP) is 4.69. The Labute approximate surface area is 203 Å². The van der Waals surface area contributed by atoms with E-state index in [1.165, 1.54) is 12.1 Å². The van der Waals surface area contributed by atoms with E-state index in [4.69, 9.17) is 5.73 Å². The van der Waals surface area contributed by atoms with Crippen LogP contribution in [0.3, 0.4) is 0 Å². The highest BCUT2D eigenvalue weighted by atomic mass is 16.6. The van der Waals surface area contributed by atoms with Crippen LogP contribution in [0.5, 0.6) is 0 Å². The van der Waals surface area contributed by atoms with Gasteiger partial charge in [-0.2, -0.15) is 0 Å². The number of rotatable bonds is 6. The molecule has 1 saturated heterocycles. The van der Waals surface area contributed by atoms with Gasteiger partial charge in [-0.05, 0) is 59.5 Å². The van der Waals surface area contributed by atoms with E-state index in [1.807, 2.05) is 42.5 Å². The van der Waals surface area contributed by atoms with Gasteiger partial charge < -0.3 is 10.6 Å². The number of carbonyl (C=O) groups is 2. The zero-order valence-corrected chi connectivity index (χ0v) is 19.1. The molecule has 0 radical (unpaired) electrons. The maximum atomic E-state index is 13.3. The maximum absolute atomic E-state index is 13.3. The molecule has 3 aromatic rings. The Hall–Kier alpha value is -4.52. The number of carbonyl (C=O) groups excluding carboxylic acids is 2. The zero-order valence-electron chi connectivity index (χ0n) is 19.1. The van der Waals surface area contributed by atoms with Crippen LogP contribution in [0.4, 0.5) is 11.4 Å². The van der Waals surface area contributed by atoms with Crippen molar-refractivity contribution in [3.05, 3.63) is 117 Å². The molecular formula is C28H25N3O4. The number of ketones is 1. The second-order valence-corrected chi connectivity index (χ2v) is 8.42. The monoisotopic (exact) mass is 467 g/mol. The first-order valence-electron chi connectivity index (χ1n) is 11.3. The van der Waals surface area contributed by atoms with Crippen LogP contribution in [0.1, 0.15) is 23.1 Å². The topological polar surface area (TPSA) is 107 Å². The summed E-state index contributed by atoms with van der Waals surface area (Å²) in [6.45, 7) is 0.400. The van der Waals surface area contributed by atoms with E-state index in [1.54, 1.807) is 41.3 Å². The number of anilines is 1. The molecule has 4 rings (SSSR count). The standard InChI is InChI=1S/C28H25N3O4/c29-25-11-6-21(7-12-25)16-23-18-30(27(32)15-10-20-4-2-1-3-5-20)19-24(28(23)33)17-22-8-13-26(14-9-22)31(34)35/h1-9,11-14,16-17H,10,15,18-19,29H2/b23-16+,24-17+. The number of nitrogens with two attached hydrogens (primary N) is 1. The van der Waals surface area contributed by atoms with Crippen LogP contribution in [0, 0.1) is 10.1 Å². The number of nitro groups is 1. The van der Waals surface area contributed by atoms with Crippen LogP contribution in [0.25, 0.3) is 12.2 Å². The van der Waals surface area contributed by atoms with E-state index >= 15 is 0 Å². The summed E-state index contributed by atoms with van der Waals surface area (Å²) in [6, 6.07) is 22.9. The molecule has 1 aliphatic heterocycles. The highest BCUT2D eigenvalue weighted by Gasteiger charge is 2.29. The average Bonchev–Trinajstić information content (AvgIpc) is 2.87. The van der Waals surface area contributed by atoms with Crippen molar-refractivity contribution in [1.82, 2.24) is 4.90 Å². The van der Waals surface area contributed by atoms with Crippen molar-refractivity contribution in [3.63, 3.8) is 0 Å². The second kappa shape index (κ2) is 10.6. The molecule has 0 aromatic heterocycles. The summed E-state index contributed by atoms with van der Waals surface area (Å²) in [5.74, 6) is -0.188. The third kappa shape index (κ3) is 6.09. The number of hydrogen-bond donors (Lipinski definition) is 1. The number of benzene rings is 3. The molecule has 0 spiro atoms. The highest BCUT2D eigenvalue weighted by molar-refractivity contribution is 6.15. The zero-order chi connectivity index (χ0) is 24.8. The maximum Gasteiger partial charge on any atom is 0.269 e. The molecule has 1 amide bonds. The van der Waals surface area contributed by atoms with Crippen molar-refractivity contribution in [2.75, 3.05) is 18.8 Å². The van der Waals surface area contributed by atoms with E-state index in [2.05, 4.69) is 0 Å². The van der Waals surface area contributed by atoms with Gasteiger partial charge in [0.2, 0.25) is 5.91 Å². The third-order valence-electron chi connectivity index (χ3n) is 5.85. The van der Waals surface area contributed by atoms with E-state index in [0.29, 0.717) is 35.2 Å². The minimum atomic E-state index is -0.469. The lowest BCUT2D eigenvalue weighted by Gasteiger charge is -2.30. The average molecular weight is 468 g/mol. The summed E-state index contributed by atoms with van der Waals surface area (Å²) in [6.07, 6.45) is 4.42. The number of piperidine rings is 1. The molecule has 0 aliphatic carbocycles. The fourth-order valence-corrected chi connectivity index (χ4v) is 3.96. The first-order chi connectivity index (χ1) is 16.9. The molecule has 0 atom stereocenters. The molecule has 0 saturated carbocycles. The van der Waals surface area contributed by atoms with Gasteiger partial charge in [0.15, 0.2) is 5.78 Å². The Morgan fingerprint density at radius 3 is 1.97 bits per heavy atom. The normalized spacial score (nSPS) is 16.0. The van der Waals surface area contributed by atoms with Gasteiger partial charge in [0.25, 0.3) is 5.69 Å². The molecular weight excluding hydrogens is 442 g/mol. The number of amides is 1. The van der Waals surface area contributed by atoms with Gasteiger partial charge >= 0.3 is 0 Å². The molecule has 176 valence electrons. The SMILES string of the molecule is Nc1ccc(/C=C2\CN(C(=O)CCc3ccccc3)C/C(=C\c3ccc([N+](=O)[O-])cc3)C2=O)cc1. The van der Waals surface area contributed by atoms with Crippen molar-refractivity contribution in [3.8, 4) is 0 Å². The summed E-state index contributed by atoms with van der Waals surface area (Å²) in [4.78, 5) is 38.6. The van der Waals surface area contributed by atoms with Crippen molar-refractivity contribution in [2.24, 2.45) is 0 Å². The first kappa shape index (κ1) is 23.6. The summed E-state index contributed by atoms with van der Waals surface area (Å²) >= 11 is 0. The molecule has 2 N–H and O–H groups in total. The van der Waals surface area contributed by atoms with Crippen molar-refractivity contribution in [1.29, 1.82) is 0 Å². The molecule has 1 heterocycles. The Balaban J connectivity index is 1.61. The molecule has 7 heteroatoms. The molecule has 1 fully saturated rings. The number of nitrogens with zero attached hydrogens (tertiary/aromatic N) is 2. The molecule has 35 heavy (non-hydrogen) atoms. The van der Waals surface area contributed by atoms with E-state index in [0.717, 1.165) is 11.1 Å². The predicted molar refractivity (Wildman–Crippen MR) is 136 cm³/mol. The molecule has 0 unspecified atom stereocenters. The van der Waals surface area contributed by atoms with Crippen LogP contribution >= 0.6 is 0 Å². The largest absolute Gasteiger partial charge is 0.399 e. The van der Waals surface area contributed by atoms with E-state index in [-0.39, 0.29) is 30.5 Å². The third-order valence-corrected chi connectivity index (χ3v) is 5.85. The lowest BCUT2D eigenvalue weighted by Crippen LogP contribution is -2.41. The van der Waals surface area contributed by atoms with E-state index in [9.17, 15) is 19.7 Å². The van der Waals surface area contributed by atoms with Gasteiger partial charge in [0.05, 0.1) is 4.92 Å². The summed E-state index contributed by atoms with van der Waals surface area (Å²) in [5, 5.41) is 11.0. The molecule has 0 bridgehead atoms. The van der Waals surface area contributed by atoms with E-state index < -0.39 is 4.92 Å². The van der Waals surface area contributed by atoms with Crippen LogP contribution in [0.2, 0.25) is 0 Å². The number of aryl methyl sites for hydroxylation is 1. The molecule has 7 nitrogen and oxygen atoms in total. The second-order valence-electron chi connectivity index (χ2n) is 8.42. The Morgan fingerprint density at radius 1 is 0.886 bits per heavy atom. The van der Waals surface area contributed by atoms with Crippen LogP contribution in [0.15, 0.2) is 90.0 Å². The number of hydrogen-bond acceptors (Lipinski definition) is 5. The number of nitrogen functional groups attached to an aromatic ring is 1. The van der Waals surface area contributed by atoms with Crippen LogP contribution in [-0.2, 0) is 16.0 Å². The number of nitro benzene ring substituents is 1. The fourth-order valence-electron chi connectivity index (χ4n) is 3.96. The number of likely N-dealkylation sites (tertiary alicyclic amines) is 1. The summed E-state index contributed by atoms with van der Waals surface area (Å²) in [7, 11) is 0. The Morgan fingerprint density at radius 2 is 1.43 bits per heavy atom. The van der Waals surface area contributed by atoms with Crippen LogP contribution in [-0.4, -0.2) is 34.6 Å². The van der Waals surface area contributed by atoms with Gasteiger partial charge in [-0.25, -0.2) is 0 Å². The Bertz CT molecular complexity index is 1290. The van der Waals surface area contributed by atoms with Crippen molar-refractivity contribution < 1.29 is 14.5 Å². The smallest absolute Gasteiger partial charge is 0.269 e. The lowest BCUT2D eigenvalue weighted by molar-refractivity contribution is -0.384. The fraction of sp³-hybridized carbons (Fsp3) is 0.143. The summed E-state index contributed by atoms with van der Waals surface area (Å²) < 4.78 is 0. The quantitative estimate of drug-likeness (QED) is 0.245. The van der Waals surface area contributed by atoms with Gasteiger partial charge in [-0.1, -0.05) is 42.5 Å². The first-order valence-corrected chi connectivity index (χ1v) is 11.3. The Kier molecular flexibility index (Phi) is 7.16. The minimum Gasteiger partial charge on any atom is -0.399 e. The number of Topliss-reactive ketones (excluding diaryl/α,β-unsaturated/α-hetero) is 1. The van der Waals surface area contributed by atoms with Gasteiger partial charge in [-0.3, -0.25) is 19.7 Å². The van der Waals surface area contributed by atoms with Crippen molar-refractivity contribution in [2.45, 2.75) is 12.8 Å². The lowest BCUT2D eigenvalue weighted by atomic mass is 9.93. The van der Waals surface area contributed by atoms with Gasteiger partial charge in [0.1, 0.15) is 0 Å². The minimum absolute atomic E-state index is 0.0243.